The summed E-state index contributed by atoms with van der Waals surface area (Å²) in [6.45, 7) is 0.574. The fourth-order valence-corrected chi connectivity index (χ4v) is 3.11. The summed E-state index contributed by atoms with van der Waals surface area (Å²) in [4.78, 5) is 14.8. The lowest BCUT2D eigenvalue weighted by atomic mass is 9.88. The molecular formula is C14H16BrNO2. The molecule has 1 fully saturated rings. The molecule has 0 aromatic heterocycles. The molecule has 0 amide bonds. The topological polar surface area (TPSA) is 38.7 Å². The molecule has 0 unspecified atom stereocenters. The van der Waals surface area contributed by atoms with E-state index in [9.17, 15) is 4.79 Å². The first-order valence-electron chi connectivity index (χ1n) is 6.09. The van der Waals surface area contributed by atoms with Crippen LogP contribution in [-0.4, -0.2) is 13.2 Å². The molecular weight excluding hydrogens is 294 g/mol. The highest BCUT2D eigenvalue weighted by atomic mass is 79.9. The van der Waals surface area contributed by atoms with Crippen molar-refractivity contribution in [2.24, 2.45) is 4.99 Å². The fraction of sp³-hybridized carbons (Fsp3) is 0.500. The normalized spacial score (nSPS) is 17.4. The first-order valence-corrected chi connectivity index (χ1v) is 6.88. The van der Waals surface area contributed by atoms with E-state index in [1.807, 2.05) is 12.1 Å². The molecule has 3 nitrogen and oxygen atoms in total. The number of halogens is 1. The van der Waals surface area contributed by atoms with E-state index in [1.165, 1.54) is 0 Å². The molecule has 0 spiro atoms. The average molecular weight is 310 g/mol. The van der Waals surface area contributed by atoms with E-state index in [-0.39, 0.29) is 5.54 Å². The van der Waals surface area contributed by atoms with E-state index in [0.717, 1.165) is 41.3 Å². The van der Waals surface area contributed by atoms with Crippen LogP contribution in [0.25, 0.3) is 0 Å². The molecule has 2 rings (SSSR count). The number of isocyanates is 1. The van der Waals surface area contributed by atoms with Gasteiger partial charge in [-0.05, 0) is 30.0 Å². The maximum atomic E-state index is 10.7. The van der Waals surface area contributed by atoms with E-state index >= 15 is 0 Å². The van der Waals surface area contributed by atoms with Crippen LogP contribution in [-0.2, 0) is 21.7 Å². The Morgan fingerprint density at radius 3 is 2.72 bits per heavy atom. The first kappa shape index (κ1) is 13.5. The van der Waals surface area contributed by atoms with Gasteiger partial charge < -0.3 is 4.74 Å². The van der Waals surface area contributed by atoms with Gasteiger partial charge in [-0.3, -0.25) is 0 Å². The minimum Gasteiger partial charge on any atom is -0.380 e. The Kier molecular flexibility index (Phi) is 4.33. The van der Waals surface area contributed by atoms with Gasteiger partial charge in [0.2, 0.25) is 6.08 Å². The monoisotopic (exact) mass is 309 g/mol. The van der Waals surface area contributed by atoms with Gasteiger partial charge in [-0.2, -0.15) is 4.99 Å². The largest absolute Gasteiger partial charge is 0.380 e. The number of ether oxygens (including phenoxy) is 1. The molecule has 0 atom stereocenters. The Hall–Kier alpha value is -0.960. The highest BCUT2D eigenvalue weighted by Crippen LogP contribution is 2.43. The summed E-state index contributed by atoms with van der Waals surface area (Å²) < 4.78 is 6.14. The van der Waals surface area contributed by atoms with Gasteiger partial charge in [0.15, 0.2) is 0 Å². The van der Waals surface area contributed by atoms with Crippen molar-refractivity contribution in [2.45, 2.75) is 37.8 Å². The van der Waals surface area contributed by atoms with Gasteiger partial charge in [0, 0.05) is 11.6 Å². The van der Waals surface area contributed by atoms with Gasteiger partial charge in [-0.1, -0.05) is 40.9 Å². The quantitative estimate of drug-likeness (QED) is 0.628. The zero-order chi connectivity index (χ0) is 13.0. The molecule has 1 aliphatic carbocycles. The molecule has 1 aromatic carbocycles. The highest BCUT2D eigenvalue weighted by molar-refractivity contribution is 9.10. The summed E-state index contributed by atoms with van der Waals surface area (Å²) in [5, 5.41) is 0. The van der Waals surface area contributed by atoms with E-state index in [2.05, 4.69) is 27.0 Å². The molecule has 18 heavy (non-hydrogen) atoms. The molecule has 1 aliphatic rings. The molecule has 0 aliphatic heterocycles. The van der Waals surface area contributed by atoms with Gasteiger partial charge in [0.25, 0.3) is 0 Å². The Balaban J connectivity index is 2.37. The van der Waals surface area contributed by atoms with E-state index in [0.29, 0.717) is 6.61 Å². The minimum absolute atomic E-state index is 0.351. The minimum atomic E-state index is -0.351. The van der Waals surface area contributed by atoms with Crippen LogP contribution in [0.1, 0.15) is 36.8 Å². The molecule has 96 valence electrons. The lowest BCUT2D eigenvalue weighted by Crippen LogP contribution is -2.19. The van der Waals surface area contributed by atoms with E-state index in [4.69, 9.17) is 4.74 Å². The molecule has 0 N–H and O–H groups in total. The van der Waals surface area contributed by atoms with Crippen LogP contribution >= 0.6 is 15.9 Å². The number of nitrogens with zero attached hydrogens (tertiary/aromatic N) is 1. The first-order chi connectivity index (χ1) is 8.72. The number of benzene rings is 1. The zero-order valence-electron chi connectivity index (χ0n) is 10.4. The summed E-state index contributed by atoms with van der Waals surface area (Å²) in [6.07, 6.45) is 5.83. The van der Waals surface area contributed by atoms with Gasteiger partial charge in [0.05, 0.1) is 12.1 Å². The maximum Gasteiger partial charge on any atom is 0.235 e. The standard InChI is InChI=1S/C14H16BrNO2/c1-18-9-11-4-5-12(8-13(11)15)14(16-10-17)6-2-3-7-14/h4-5,8H,2-3,6-7,9H2,1H3. The second-order valence-electron chi connectivity index (χ2n) is 4.68. The Bertz CT molecular complexity index is 475. The Morgan fingerprint density at radius 1 is 1.44 bits per heavy atom. The molecule has 1 aromatic rings. The summed E-state index contributed by atoms with van der Waals surface area (Å²) in [5.41, 5.74) is 1.84. The van der Waals surface area contributed by atoms with Crippen LogP contribution in [0, 0.1) is 0 Å². The van der Waals surface area contributed by atoms with Gasteiger partial charge >= 0.3 is 0 Å². The zero-order valence-corrected chi connectivity index (χ0v) is 12.0. The van der Waals surface area contributed by atoms with E-state index < -0.39 is 0 Å². The molecule has 0 radical (unpaired) electrons. The Morgan fingerprint density at radius 2 is 2.17 bits per heavy atom. The van der Waals surface area contributed by atoms with Gasteiger partial charge in [-0.15, -0.1) is 0 Å². The number of hydrogen-bond acceptors (Lipinski definition) is 3. The smallest absolute Gasteiger partial charge is 0.235 e. The van der Waals surface area contributed by atoms with E-state index in [1.54, 1.807) is 13.2 Å². The van der Waals surface area contributed by atoms with Crippen molar-refractivity contribution in [1.29, 1.82) is 0 Å². The number of rotatable bonds is 4. The van der Waals surface area contributed by atoms with Crippen molar-refractivity contribution < 1.29 is 9.53 Å². The lowest BCUT2D eigenvalue weighted by molar-refractivity contribution is 0.184. The Labute approximate surface area is 115 Å². The second-order valence-corrected chi connectivity index (χ2v) is 5.54. The van der Waals surface area contributed by atoms with Crippen LogP contribution in [0.4, 0.5) is 0 Å². The summed E-state index contributed by atoms with van der Waals surface area (Å²) in [5.74, 6) is 0. The van der Waals surface area contributed by atoms with Crippen LogP contribution in [0.3, 0.4) is 0 Å². The third-order valence-corrected chi connectivity index (χ3v) is 4.32. The number of methoxy groups -OCH3 is 1. The van der Waals surface area contributed by atoms with Crippen molar-refractivity contribution in [3.63, 3.8) is 0 Å². The number of aliphatic imine (C=N–C) groups is 1. The fourth-order valence-electron chi connectivity index (χ4n) is 2.62. The molecule has 0 saturated heterocycles. The summed E-state index contributed by atoms with van der Waals surface area (Å²) in [7, 11) is 1.68. The second kappa shape index (κ2) is 5.79. The SMILES string of the molecule is COCc1ccc(C2(N=C=O)CCCC2)cc1Br. The highest BCUT2D eigenvalue weighted by Gasteiger charge is 2.35. The molecule has 1 saturated carbocycles. The van der Waals surface area contributed by atoms with Gasteiger partial charge in [0.1, 0.15) is 0 Å². The number of carbonyl (C=O) groups excluding carboxylic acids is 1. The van der Waals surface area contributed by atoms with Crippen LogP contribution in [0.5, 0.6) is 0 Å². The van der Waals surface area contributed by atoms with Crippen LogP contribution in [0.2, 0.25) is 0 Å². The summed E-state index contributed by atoms with van der Waals surface area (Å²) >= 11 is 3.55. The number of hydrogen-bond donors (Lipinski definition) is 0. The van der Waals surface area contributed by atoms with Crippen molar-refractivity contribution in [3.05, 3.63) is 33.8 Å². The predicted octanol–water partition coefficient (Wildman–Crippen LogP) is 3.70. The van der Waals surface area contributed by atoms with Crippen molar-refractivity contribution in [3.8, 4) is 0 Å². The average Bonchev–Trinajstić information content (AvgIpc) is 2.82. The third-order valence-electron chi connectivity index (χ3n) is 3.58. The lowest BCUT2D eigenvalue weighted by Gasteiger charge is -2.23. The van der Waals surface area contributed by atoms with Crippen molar-refractivity contribution in [2.75, 3.05) is 7.11 Å². The van der Waals surface area contributed by atoms with Crippen LogP contribution in [0.15, 0.2) is 27.7 Å². The van der Waals surface area contributed by atoms with Gasteiger partial charge in [-0.25, -0.2) is 4.79 Å². The molecule has 4 heteroatoms. The van der Waals surface area contributed by atoms with Crippen molar-refractivity contribution >= 4 is 22.0 Å². The summed E-state index contributed by atoms with van der Waals surface area (Å²) in [6, 6.07) is 6.13. The molecule has 0 heterocycles. The third kappa shape index (κ3) is 2.56. The van der Waals surface area contributed by atoms with Crippen LogP contribution < -0.4 is 0 Å². The molecule has 0 bridgehead atoms. The van der Waals surface area contributed by atoms with Crippen molar-refractivity contribution in [1.82, 2.24) is 0 Å². The predicted molar refractivity (Wildman–Crippen MR) is 73.1 cm³/mol. The maximum absolute atomic E-state index is 10.7.